The van der Waals surface area contributed by atoms with Gasteiger partial charge in [-0.25, -0.2) is 4.98 Å². The molecule has 0 unspecified atom stereocenters. The molecule has 0 aliphatic carbocycles. The molecule has 0 saturated heterocycles. The molecule has 0 fully saturated rings. The Balaban J connectivity index is 2.58. The van der Waals surface area contributed by atoms with Gasteiger partial charge in [0, 0.05) is 11.8 Å². The average Bonchev–Trinajstić information content (AvgIpc) is 2.12. The lowest BCUT2D eigenvalue weighted by atomic mass is 10.4. The van der Waals surface area contributed by atoms with E-state index in [0.29, 0.717) is 18.2 Å². The van der Waals surface area contributed by atoms with Gasteiger partial charge in [-0.1, -0.05) is 13.3 Å². The van der Waals surface area contributed by atoms with Gasteiger partial charge in [-0.2, -0.15) is 0 Å². The van der Waals surface area contributed by atoms with Crippen molar-refractivity contribution in [2.45, 2.75) is 26.7 Å². The third-order valence-corrected chi connectivity index (χ3v) is 1.69. The Hall–Kier alpha value is -1.32. The minimum absolute atomic E-state index is 0.138. The molecule has 0 aromatic carbocycles. The number of rotatable bonds is 4. The Labute approximate surface area is 77.0 Å². The summed E-state index contributed by atoms with van der Waals surface area (Å²) in [5.74, 6) is 0. The summed E-state index contributed by atoms with van der Waals surface area (Å²) in [5.41, 5.74) is 0.462. The van der Waals surface area contributed by atoms with Gasteiger partial charge >= 0.3 is 0 Å². The molecule has 1 N–H and O–H groups in total. The quantitative estimate of drug-likeness (QED) is 0.713. The van der Waals surface area contributed by atoms with Crippen molar-refractivity contribution in [1.82, 2.24) is 9.97 Å². The topological polar surface area (TPSA) is 55.0 Å². The van der Waals surface area contributed by atoms with Crippen LogP contribution in [0.5, 0.6) is 6.01 Å². The van der Waals surface area contributed by atoms with Crippen LogP contribution in [0.3, 0.4) is 0 Å². The van der Waals surface area contributed by atoms with E-state index in [1.54, 1.807) is 6.92 Å². The van der Waals surface area contributed by atoms with Gasteiger partial charge in [-0.3, -0.25) is 9.78 Å². The molecular weight excluding hydrogens is 168 g/mol. The summed E-state index contributed by atoms with van der Waals surface area (Å²) in [5, 5.41) is 0. The first-order valence-corrected chi connectivity index (χ1v) is 4.42. The van der Waals surface area contributed by atoms with Gasteiger partial charge in [-0.05, 0) is 13.3 Å². The fourth-order valence-corrected chi connectivity index (χ4v) is 0.829. The van der Waals surface area contributed by atoms with Crippen molar-refractivity contribution < 1.29 is 4.74 Å². The maximum Gasteiger partial charge on any atom is 0.296 e. The molecule has 72 valence electrons. The van der Waals surface area contributed by atoms with Crippen LogP contribution in [0, 0.1) is 6.92 Å². The van der Waals surface area contributed by atoms with Crippen molar-refractivity contribution in [1.29, 1.82) is 0 Å². The van der Waals surface area contributed by atoms with Crippen LogP contribution in [0.4, 0.5) is 0 Å². The molecule has 13 heavy (non-hydrogen) atoms. The summed E-state index contributed by atoms with van der Waals surface area (Å²) in [7, 11) is 0. The summed E-state index contributed by atoms with van der Waals surface area (Å²) in [6.07, 6.45) is 3.55. The minimum atomic E-state index is -0.138. The highest BCUT2D eigenvalue weighted by Gasteiger charge is 1.97. The molecule has 1 aromatic heterocycles. The molecule has 4 heteroatoms. The first-order chi connectivity index (χ1) is 6.24. The molecule has 0 bridgehead atoms. The van der Waals surface area contributed by atoms with E-state index in [1.807, 2.05) is 0 Å². The number of hydrogen-bond donors (Lipinski definition) is 1. The molecule has 0 radical (unpaired) electrons. The average molecular weight is 182 g/mol. The Kier molecular flexibility index (Phi) is 3.49. The van der Waals surface area contributed by atoms with Crippen LogP contribution >= 0.6 is 0 Å². The number of H-pyrrole nitrogens is 1. The third kappa shape index (κ3) is 2.89. The molecule has 0 atom stereocenters. The maximum atomic E-state index is 11.1. The number of aromatic amines is 1. The zero-order valence-corrected chi connectivity index (χ0v) is 7.96. The highest BCUT2D eigenvalue weighted by Crippen LogP contribution is 1.98. The van der Waals surface area contributed by atoms with E-state index in [0.717, 1.165) is 12.8 Å². The number of nitrogens with one attached hydrogen (secondary N) is 1. The normalized spacial score (nSPS) is 10.0. The SMILES string of the molecule is CCCCOc1ncc(C)c(=O)[nH]1. The number of nitrogens with zero attached hydrogens (tertiary/aromatic N) is 1. The molecule has 0 saturated carbocycles. The lowest BCUT2D eigenvalue weighted by molar-refractivity contribution is 0.284. The second-order valence-electron chi connectivity index (χ2n) is 2.90. The zero-order chi connectivity index (χ0) is 9.68. The van der Waals surface area contributed by atoms with E-state index >= 15 is 0 Å². The van der Waals surface area contributed by atoms with Gasteiger partial charge in [0.05, 0.1) is 6.61 Å². The lowest BCUT2D eigenvalue weighted by Gasteiger charge is -2.02. The number of unbranched alkanes of at least 4 members (excludes halogenated alkanes) is 1. The van der Waals surface area contributed by atoms with Gasteiger partial charge in [-0.15, -0.1) is 0 Å². The number of ether oxygens (including phenoxy) is 1. The summed E-state index contributed by atoms with van der Waals surface area (Å²) >= 11 is 0. The molecule has 0 aliphatic heterocycles. The van der Waals surface area contributed by atoms with E-state index in [4.69, 9.17) is 4.74 Å². The first-order valence-electron chi connectivity index (χ1n) is 4.42. The third-order valence-electron chi connectivity index (χ3n) is 1.69. The monoisotopic (exact) mass is 182 g/mol. The van der Waals surface area contributed by atoms with E-state index < -0.39 is 0 Å². The Morgan fingerprint density at radius 3 is 3.00 bits per heavy atom. The second kappa shape index (κ2) is 4.64. The van der Waals surface area contributed by atoms with E-state index in [9.17, 15) is 4.79 Å². The first kappa shape index (κ1) is 9.77. The van der Waals surface area contributed by atoms with Crippen LogP contribution in [0.15, 0.2) is 11.0 Å². The Bertz CT molecular complexity index is 320. The summed E-state index contributed by atoms with van der Waals surface area (Å²) < 4.78 is 5.22. The predicted molar refractivity (Wildman–Crippen MR) is 50.0 cm³/mol. The van der Waals surface area contributed by atoms with Gasteiger partial charge in [0.1, 0.15) is 0 Å². The van der Waals surface area contributed by atoms with Crippen LogP contribution < -0.4 is 10.3 Å². The van der Waals surface area contributed by atoms with Crippen LogP contribution in [0.25, 0.3) is 0 Å². The van der Waals surface area contributed by atoms with E-state index in [1.165, 1.54) is 6.20 Å². The molecule has 0 aliphatic rings. The molecule has 0 spiro atoms. The van der Waals surface area contributed by atoms with Crippen LogP contribution in [-0.4, -0.2) is 16.6 Å². The largest absolute Gasteiger partial charge is 0.465 e. The van der Waals surface area contributed by atoms with E-state index in [2.05, 4.69) is 16.9 Å². The van der Waals surface area contributed by atoms with Crippen molar-refractivity contribution in [3.63, 3.8) is 0 Å². The maximum absolute atomic E-state index is 11.1. The van der Waals surface area contributed by atoms with E-state index in [-0.39, 0.29) is 5.56 Å². The summed E-state index contributed by atoms with van der Waals surface area (Å²) in [4.78, 5) is 17.6. The molecule has 4 nitrogen and oxygen atoms in total. The summed E-state index contributed by atoms with van der Waals surface area (Å²) in [6, 6.07) is 0.309. The number of hydrogen-bond acceptors (Lipinski definition) is 3. The van der Waals surface area contributed by atoms with Crippen LogP contribution in [0.1, 0.15) is 25.3 Å². The van der Waals surface area contributed by atoms with Crippen molar-refractivity contribution in [2.75, 3.05) is 6.61 Å². The van der Waals surface area contributed by atoms with Crippen molar-refractivity contribution in [2.24, 2.45) is 0 Å². The highest BCUT2D eigenvalue weighted by atomic mass is 16.5. The van der Waals surface area contributed by atoms with Gasteiger partial charge in [0.15, 0.2) is 0 Å². The lowest BCUT2D eigenvalue weighted by Crippen LogP contribution is -2.12. The highest BCUT2D eigenvalue weighted by molar-refractivity contribution is 5.05. The van der Waals surface area contributed by atoms with Crippen LogP contribution in [0.2, 0.25) is 0 Å². The standard InChI is InChI=1S/C9H14N2O2/c1-3-4-5-13-9-10-6-7(2)8(12)11-9/h6H,3-5H2,1-2H3,(H,10,11,12). The molecule has 1 rings (SSSR count). The summed E-state index contributed by atoms with van der Waals surface area (Å²) in [6.45, 7) is 4.39. The second-order valence-corrected chi connectivity index (χ2v) is 2.90. The smallest absolute Gasteiger partial charge is 0.296 e. The van der Waals surface area contributed by atoms with Crippen molar-refractivity contribution >= 4 is 0 Å². The fourth-order valence-electron chi connectivity index (χ4n) is 0.829. The number of aryl methyl sites for hydroxylation is 1. The predicted octanol–water partition coefficient (Wildman–Crippen LogP) is 1.26. The molecule has 1 aromatic rings. The van der Waals surface area contributed by atoms with Crippen LogP contribution in [-0.2, 0) is 0 Å². The van der Waals surface area contributed by atoms with Gasteiger partial charge < -0.3 is 4.74 Å². The molecule has 0 amide bonds. The molecular formula is C9H14N2O2. The van der Waals surface area contributed by atoms with Crippen molar-refractivity contribution in [3.8, 4) is 6.01 Å². The molecule has 1 heterocycles. The zero-order valence-electron chi connectivity index (χ0n) is 7.96. The fraction of sp³-hybridized carbons (Fsp3) is 0.556. The Morgan fingerprint density at radius 1 is 1.62 bits per heavy atom. The Morgan fingerprint density at radius 2 is 2.38 bits per heavy atom. The number of aromatic nitrogens is 2. The van der Waals surface area contributed by atoms with Crippen molar-refractivity contribution in [3.05, 3.63) is 22.1 Å². The van der Waals surface area contributed by atoms with Gasteiger partial charge in [0.2, 0.25) is 0 Å². The van der Waals surface area contributed by atoms with Gasteiger partial charge in [0.25, 0.3) is 11.6 Å². The minimum Gasteiger partial charge on any atom is -0.465 e.